The van der Waals surface area contributed by atoms with Crippen LogP contribution >= 0.6 is 34.0 Å². The van der Waals surface area contributed by atoms with E-state index in [2.05, 4.69) is 19.1 Å². The Morgan fingerprint density at radius 3 is 1.17 bits per heavy atom. The third kappa shape index (κ3) is 6.12. The van der Waals surface area contributed by atoms with Gasteiger partial charge in [-0.3, -0.25) is 19.2 Å². The summed E-state index contributed by atoms with van der Waals surface area (Å²) in [7, 11) is 0. The average Bonchev–Trinajstić information content (AvgIpc) is 4.08. The van der Waals surface area contributed by atoms with Gasteiger partial charge in [-0.15, -0.1) is 34.0 Å². The van der Waals surface area contributed by atoms with Crippen LogP contribution in [0.3, 0.4) is 0 Å². The Labute approximate surface area is 349 Å². The van der Waals surface area contributed by atoms with Gasteiger partial charge in [0.25, 0.3) is 0 Å². The van der Waals surface area contributed by atoms with Crippen LogP contribution in [0.15, 0.2) is 22.1 Å². The van der Waals surface area contributed by atoms with Gasteiger partial charge in [0.2, 0.25) is 0 Å². The molecule has 5 aromatic rings. The fourth-order valence-corrected chi connectivity index (χ4v) is 15.1. The monoisotopic (exact) mass is 864 g/mol. The summed E-state index contributed by atoms with van der Waals surface area (Å²) < 4.78 is 66.4. The van der Waals surface area contributed by atoms with E-state index >= 15 is 0 Å². The van der Waals surface area contributed by atoms with Gasteiger partial charge in [-0.25, -0.2) is 27.5 Å². The number of ketones is 4. The number of hydrogen-bond acceptors (Lipinski definition) is 9. The molecule has 0 bridgehead atoms. The second kappa shape index (κ2) is 14.5. The van der Waals surface area contributed by atoms with Crippen molar-refractivity contribution in [2.45, 2.75) is 128 Å². The van der Waals surface area contributed by atoms with Crippen LogP contribution in [0.4, 0.5) is 27.6 Å². The number of thiophene rings is 3. The van der Waals surface area contributed by atoms with Crippen LogP contribution in [0.1, 0.15) is 89.9 Å². The molecule has 6 saturated carbocycles. The van der Waals surface area contributed by atoms with E-state index in [-0.39, 0.29) is 37.1 Å². The summed E-state index contributed by atoms with van der Waals surface area (Å²) in [6, 6.07) is 3.95. The standard InChI is InChI=1S/C44H44F4N4O4S3/c45-25-11-21-22(12-26(25)46)38(54)33(37(21)53)49-31-15-29-41(57-31)43-35(51(29)17-19-7-3-1-4-8-19)36-44(59-43)42-30(52(36)18-20-9-5-2-6-10-20)16-32(58-42)50-34-39(55)23-13-27(47)28(48)14-24(23)40(34)56/h15-16,19-28H,1-14,17-18H2. The van der Waals surface area contributed by atoms with Crippen LogP contribution in [0.5, 0.6) is 0 Å². The molecule has 8 nitrogen and oxygen atoms in total. The summed E-state index contributed by atoms with van der Waals surface area (Å²) in [5, 5.41) is 1.04. The van der Waals surface area contributed by atoms with E-state index in [0.717, 1.165) is 79.6 Å². The lowest BCUT2D eigenvalue weighted by atomic mass is 9.79. The van der Waals surface area contributed by atoms with E-state index < -0.39 is 71.5 Å². The number of nitrogens with zero attached hydrogens (tertiary/aromatic N) is 4. The molecule has 0 aliphatic heterocycles. The number of carbonyl (C=O) groups is 4. The molecule has 0 saturated heterocycles. The van der Waals surface area contributed by atoms with Crippen molar-refractivity contribution in [1.29, 1.82) is 0 Å². The van der Waals surface area contributed by atoms with Crippen LogP contribution in [0.25, 0.3) is 40.9 Å². The highest BCUT2D eigenvalue weighted by Crippen LogP contribution is 2.53. The molecule has 15 heteroatoms. The molecule has 6 aliphatic rings. The van der Waals surface area contributed by atoms with E-state index in [4.69, 9.17) is 0 Å². The second-order valence-corrected chi connectivity index (χ2v) is 21.2. The SMILES string of the molecule is O=C1C(=Nc2cc3c(s2)c2sc4c5sc(N=C6C(=O)C7CC(F)C(F)CC7C6=O)cc5n(CC5CCCCC5)c4c2n3CC2CCCCC2)C(=O)C2CC(F)C(F)CC12. The largest absolute Gasteiger partial charge is 0.337 e. The fourth-order valence-electron chi connectivity index (χ4n) is 11.4. The highest BCUT2D eigenvalue weighted by molar-refractivity contribution is 7.35. The minimum Gasteiger partial charge on any atom is -0.337 e. The molecule has 0 N–H and O–H groups in total. The minimum atomic E-state index is -1.76. The number of hydrogen-bond donors (Lipinski definition) is 0. The maximum absolute atomic E-state index is 14.3. The molecular formula is C44H44F4N4O4S3. The normalized spacial score (nSPS) is 31.2. The Kier molecular flexibility index (Phi) is 9.45. The third-order valence-electron chi connectivity index (χ3n) is 14.5. The number of Topliss-reactive ketones (excluding diaryl/α,β-unsaturated/α-hetero) is 4. The molecule has 11 rings (SSSR count). The number of carbonyl (C=O) groups excluding carboxylic acids is 4. The lowest BCUT2D eigenvalue weighted by molar-refractivity contribution is -0.123. The Balaban J connectivity index is 1.06. The molecule has 6 fully saturated rings. The Morgan fingerprint density at radius 1 is 0.492 bits per heavy atom. The summed E-state index contributed by atoms with van der Waals surface area (Å²) in [6.07, 6.45) is 3.48. The first kappa shape index (κ1) is 38.4. The van der Waals surface area contributed by atoms with Gasteiger partial charge < -0.3 is 9.13 Å². The van der Waals surface area contributed by atoms with Gasteiger partial charge in [-0.05, 0) is 75.3 Å². The van der Waals surface area contributed by atoms with E-state index in [9.17, 15) is 36.7 Å². The van der Waals surface area contributed by atoms with Crippen molar-refractivity contribution in [3.63, 3.8) is 0 Å². The number of halogens is 4. The van der Waals surface area contributed by atoms with Crippen LogP contribution in [0, 0.1) is 35.5 Å². The Hall–Kier alpha value is -3.56. The highest BCUT2D eigenvalue weighted by Gasteiger charge is 2.54. The van der Waals surface area contributed by atoms with E-state index in [1.807, 2.05) is 12.1 Å². The van der Waals surface area contributed by atoms with Gasteiger partial charge in [0, 0.05) is 36.8 Å². The lowest BCUT2D eigenvalue weighted by Gasteiger charge is -2.27. The molecule has 5 heterocycles. The number of rotatable bonds is 6. The minimum absolute atomic E-state index is 0.197. The van der Waals surface area contributed by atoms with Crippen LogP contribution < -0.4 is 0 Å². The highest BCUT2D eigenvalue weighted by atomic mass is 32.1. The van der Waals surface area contributed by atoms with E-state index in [1.54, 1.807) is 11.3 Å². The molecule has 6 aliphatic carbocycles. The predicted molar refractivity (Wildman–Crippen MR) is 225 cm³/mol. The average molecular weight is 865 g/mol. The Morgan fingerprint density at radius 2 is 0.831 bits per heavy atom. The molecule has 8 atom stereocenters. The summed E-state index contributed by atoms with van der Waals surface area (Å²) in [5.41, 5.74) is 3.90. The zero-order valence-corrected chi connectivity index (χ0v) is 34.8. The van der Waals surface area contributed by atoms with Crippen molar-refractivity contribution >= 4 is 119 Å². The molecule has 0 radical (unpaired) electrons. The van der Waals surface area contributed by atoms with Crippen molar-refractivity contribution in [3.8, 4) is 0 Å². The fraction of sp³-hybridized carbons (Fsp3) is 0.591. The molecule has 5 aromatic heterocycles. The predicted octanol–water partition coefficient (Wildman–Crippen LogP) is 11.1. The molecule has 0 amide bonds. The summed E-state index contributed by atoms with van der Waals surface area (Å²) in [6.45, 7) is 1.62. The lowest BCUT2D eigenvalue weighted by Crippen LogP contribution is -2.35. The van der Waals surface area contributed by atoms with Crippen molar-refractivity contribution in [3.05, 3.63) is 12.1 Å². The van der Waals surface area contributed by atoms with E-state index in [0.29, 0.717) is 21.8 Å². The van der Waals surface area contributed by atoms with Gasteiger partial charge >= 0.3 is 0 Å². The summed E-state index contributed by atoms with van der Waals surface area (Å²) >= 11 is 4.54. The first-order valence-electron chi connectivity index (χ1n) is 21.4. The number of aliphatic imine (C=N–C) groups is 2. The quantitative estimate of drug-likeness (QED) is 0.159. The molecule has 8 unspecified atom stereocenters. The number of alkyl halides is 4. The number of fused-ring (bicyclic) bond motifs is 9. The zero-order valence-electron chi connectivity index (χ0n) is 32.4. The van der Waals surface area contributed by atoms with Crippen LogP contribution in [-0.2, 0) is 32.3 Å². The molecular weight excluding hydrogens is 821 g/mol. The van der Waals surface area contributed by atoms with Gasteiger partial charge in [-0.2, -0.15) is 0 Å². The Bertz CT molecular complexity index is 2420. The first-order chi connectivity index (χ1) is 28.5. The molecule has 59 heavy (non-hydrogen) atoms. The molecule has 0 aromatic carbocycles. The smallest absolute Gasteiger partial charge is 0.188 e. The van der Waals surface area contributed by atoms with Crippen molar-refractivity contribution < 1.29 is 36.7 Å². The van der Waals surface area contributed by atoms with Gasteiger partial charge in [-0.1, -0.05) is 38.5 Å². The summed E-state index contributed by atoms with van der Waals surface area (Å²) in [4.78, 5) is 63.0. The number of aromatic nitrogens is 2. The van der Waals surface area contributed by atoms with Crippen molar-refractivity contribution in [1.82, 2.24) is 9.13 Å². The second-order valence-electron chi connectivity index (χ2n) is 18.1. The van der Waals surface area contributed by atoms with Gasteiger partial charge in [0.15, 0.2) is 34.6 Å². The molecule has 310 valence electrons. The first-order valence-corrected chi connectivity index (χ1v) is 23.9. The maximum Gasteiger partial charge on any atom is 0.188 e. The zero-order chi connectivity index (χ0) is 40.4. The topological polar surface area (TPSA) is 103 Å². The van der Waals surface area contributed by atoms with Gasteiger partial charge in [0.05, 0.1) is 40.9 Å². The third-order valence-corrected chi connectivity index (χ3v) is 18.1. The van der Waals surface area contributed by atoms with Gasteiger partial charge in [0.1, 0.15) is 34.7 Å². The maximum atomic E-state index is 14.3. The van der Waals surface area contributed by atoms with Crippen LogP contribution in [-0.4, -0.2) is 68.4 Å². The van der Waals surface area contributed by atoms with Crippen LogP contribution in [0.2, 0.25) is 0 Å². The molecule has 0 spiro atoms. The van der Waals surface area contributed by atoms with E-state index in [1.165, 1.54) is 61.2 Å². The van der Waals surface area contributed by atoms with Crippen molar-refractivity contribution in [2.24, 2.45) is 45.5 Å². The van der Waals surface area contributed by atoms with Crippen molar-refractivity contribution in [2.75, 3.05) is 0 Å². The summed E-state index contributed by atoms with van der Waals surface area (Å²) in [5.74, 6) is -4.46.